The SMILES string of the molecule is CCCCC(C)Nc1nc(C(=O)O)ccc1N. The van der Waals surface area contributed by atoms with Crippen LogP contribution >= 0.6 is 0 Å². The van der Waals surface area contributed by atoms with Crippen LogP contribution in [0.2, 0.25) is 0 Å². The summed E-state index contributed by atoms with van der Waals surface area (Å²) in [4.78, 5) is 14.8. The fourth-order valence-electron chi connectivity index (χ4n) is 1.52. The van der Waals surface area contributed by atoms with E-state index in [2.05, 4.69) is 17.2 Å². The highest BCUT2D eigenvalue weighted by Crippen LogP contribution is 2.18. The molecule has 5 heteroatoms. The van der Waals surface area contributed by atoms with Gasteiger partial charge in [-0.05, 0) is 25.5 Å². The molecule has 0 saturated carbocycles. The first-order valence-electron chi connectivity index (χ1n) is 5.81. The van der Waals surface area contributed by atoms with Crippen molar-refractivity contribution in [1.82, 2.24) is 4.98 Å². The lowest BCUT2D eigenvalue weighted by molar-refractivity contribution is 0.0690. The standard InChI is InChI=1S/C12H19N3O2/c1-3-4-5-8(2)14-11-9(13)6-7-10(15-11)12(16)17/h6-8H,3-5,13H2,1-2H3,(H,14,15)(H,16,17). The second-order valence-electron chi connectivity index (χ2n) is 4.13. The summed E-state index contributed by atoms with van der Waals surface area (Å²) in [6, 6.07) is 3.19. The van der Waals surface area contributed by atoms with E-state index < -0.39 is 5.97 Å². The van der Waals surface area contributed by atoms with Gasteiger partial charge in [-0.2, -0.15) is 0 Å². The van der Waals surface area contributed by atoms with Crippen molar-refractivity contribution in [3.63, 3.8) is 0 Å². The van der Waals surface area contributed by atoms with E-state index in [9.17, 15) is 4.79 Å². The molecule has 1 aromatic heterocycles. The van der Waals surface area contributed by atoms with Crippen molar-refractivity contribution in [2.75, 3.05) is 11.1 Å². The summed E-state index contributed by atoms with van der Waals surface area (Å²) in [6.07, 6.45) is 3.26. The molecular formula is C12H19N3O2. The lowest BCUT2D eigenvalue weighted by atomic mass is 10.1. The maximum atomic E-state index is 10.8. The molecule has 0 aliphatic carbocycles. The van der Waals surface area contributed by atoms with Crippen molar-refractivity contribution in [2.45, 2.75) is 39.2 Å². The first-order valence-corrected chi connectivity index (χ1v) is 5.81. The predicted molar refractivity (Wildman–Crippen MR) is 68.2 cm³/mol. The van der Waals surface area contributed by atoms with E-state index in [-0.39, 0.29) is 11.7 Å². The Balaban J connectivity index is 2.75. The number of carbonyl (C=O) groups is 1. The Morgan fingerprint density at radius 1 is 1.59 bits per heavy atom. The quantitative estimate of drug-likeness (QED) is 0.706. The molecule has 0 fully saturated rings. The van der Waals surface area contributed by atoms with Crippen LogP contribution in [0.25, 0.3) is 0 Å². The van der Waals surface area contributed by atoms with E-state index in [1.54, 1.807) is 6.07 Å². The lowest BCUT2D eigenvalue weighted by Crippen LogP contribution is -2.18. The first kappa shape index (κ1) is 13.3. The van der Waals surface area contributed by atoms with E-state index in [0.29, 0.717) is 11.5 Å². The molecule has 1 unspecified atom stereocenters. The topological polar surface area (TPSA) is 88.2 Å². The fourth-order valence-corrected chi connectivity index (χ4v) is 1.52. The summed E-state index contributed by atoms with van der Waals surface area (Å²) < 4.78 is 0. The Kier molecular flexibility index (Phi) is 4.75. The molecule has 5 nitrogen and oxygen atoms in total. The van der Waals surface area contributed by atoms with Crippen LogP contribution in [0.1, 0.15) is 43.6 Å². The smallest absolute Gasteiger partial charge is 0.354 e. The Morgan fingerprint density at radius 2 is 2.29 bits per heavy atom. The number of anilines is 2. The summed E-state index contributed by atoms with van der Waals surface area (Å²) in [6.45, 7) is 4.16. The number of nitrogens with two attached hydrogens (primary N) is 1. The number of nitrogens with one attached hydrogen (secondary N) is 1. The van der Waals surface area contributed by atoms with E-state index in [1.807, 2.05) is 6.92 Å². The summed E-state index contributed by atoms with van der Waals surface area (Å²) in [5.74, 6) is -0.595. The predicted octanol–water partition coefficient (Wildman–Crippen LogP) is 2.35. The Bertz CT molecular complexity index is 393. The van der Waals surface area contributed by atoms with Crippen LogP contribution in [0.4, 0.5) is 11.5 Å². The highest BCUT2D eigenvalue weighted by atomic mass is 16.4. The summed E-state index contributed by atoms with van der Waals surface area (Å²) in [7, 11) is 0. The number of carboxylic acids is 1. The third-order valence-electron chi connectivity index (χ3n) is 2.52. The van der Waals surface area contributed by atoms with Crippen molar-refractivity contribution in [3.05, 3.63) is 17.8 Å². The Labute approximate surface area is 101 Å². The van der Waals surface area contributed by atoms with Crippen LogP contribution in [0.3, 0.4) is 0 Å². The monoisotopic (exact) mass is 237 g/mol. The number of nitrogen functional groups attached to an aromatic ring is 1. The molecule has 0 saturated heterocycles. The molecule has 0 spiro atoms. The molecule has 0 aliphatic heterocycles. The van der Waals surface area contributed by atoms with E-state index in [1.165, 1.54) is 6.07 Å². The molecule has 1 rings (SSSR count). The van der Waals surface area contributed by atoms with Crippen molar-refractivity contribution in [2.24, 2.45) is 0 Å². The summed E-state index contributed by atoms with van der Waals surface area (Å²) in [5.41, 5.74) is 6.22. The van der Waals surface area contributed by atoms with Gasteiger partial charge in [-0.3, -0.25) is 0 Å². The fraction of sp³-hybridized carbons (Fsp3) is 0.500. The van der Waals surface area contributed by atoms with E-state index in [4.69, 9.17) is 10.8 Å². The normalized spacial score (nSPS) is 12.1. The highest BCUT2D eigenvalue weighted by Gasteiger charge is 2.10. The van der Waals surface area contributed by atoms with Gasteiger partial charge in [-0.15, -0.1) is 0 Å². The number of hydrogen-bond acceptors (Lipinski definition) is 4. The number of nitrogens with zero attached hydrogens (tertiary/aromatic N) is 1. The molecule has 4 N–H and O–H groups in total. The maximum absolute atomic E-state index is 10.8. The molecule has 1 heterocycles. The zero-order valence-electron chi connectivity index (χ0n) is 10.2. The molecule has 0 aromatic carbocycles. The number of pyridine rings is 1. The van der Waals surface area contributed by atoms with Gasteiger partial charge in [0.15, 0.2) is 5.69 Å². The maximum Gasteiger partial charge on any atom is 0.354 e. The third-order valence-corrected chi connectivity index (χ3v) is 2.52. The second-order valence-corrected chi connectivity index (χ2v) is 4.13. The van der Waals surface area contributed by atoms with Crippen LogP contribution in [0.5, 0.6) is 0 Å². The molecule has 0 bridgehead atoms. The van der Waals surface area contributed by atoms with Crippen LogP contribution in [0.15, 0.2) is 12.1 Å². The van der Waals surface area contributed by atoms with Crippen molar-refractivity contribution >= 4 is 17.5 Å². The number of hydrogen-bond donors (Lipinski definition) is 3. The molecule has 0 radical (unpaired) electrons. The largest absolute Gasteiger partial charge is 0.477 e. The second kappa shape index (κ2) is 6.08. The number of aromatic nitrogens is 1. The van der Waals surface area contributed by atoms with Crippen LogP contribution in [-0.4, -0.2) is 22.1 Å². The van der Waals surface area contributed by atoms with E-state index in [0.717, 1.165) is 19.3 Å². The molecule has 94 valence electrons. The van der Waals surface area contributed by atoms with Crippen molar-refractivity contribution in [1.29, 1.82) is 0 Å². The molecular weight excluding hydrogens is 218 g/mol. The van der Waals surface area contributed by atoms with Gasteiger partial charge in [0.25, 0.3) is 0 Å². The minimum absolute atomic E-state index is 0.00407. The van der Waals surface area contributed by atoms with Crippen LogP contribution in [0, 0.1) is 0 Å². The van der Waals surface area contributed by atoms with Crippen LogP contribution < -0.4 is 11.1 Å². The average molecular weight is 237 g/mol. The van der Waals surface area contributed by atoms with Gasteiger partial charge in [0.2, 0.25) is 0 Å². The molecule has 1 aromatic rings. The average Bonchev–Trinajstić information content (AvgIpc) is 2.29. The Morgan fingerprint density at radius 3 is 2.88 bits per heavy atom. The zero-order valence-corrected chi connectivity index (χ0v) is 10.2. The number of rotatable bonds is 6. The number of aromatic carboxylic acids is 1. The van der Waals surface area contributed by atoms with E-state index >= 15 is 0 Å². The van der Waals surface area contributed by atoms with Crippen LogP contribution in [-0.2, 0) is 0 Å². The summed E-state index contributed by atoms with van der Waals surface area (Å²) >= 11 is 0. The van der Waals surface area contributed by atoms with Gasteiger partial charge in [0.05, 0.1) is 5.69 Å². The van der Waals surface area contributed by atoms with Crippen molar-refractivity contribution < 1.29 is 9.90 Å². The van der Waals surface area contributed by atoms with Gasteiger partial charge in [0.1, 0.15) is 5.82 Å². The molecule has 0 aliphatic rings. The molecule has 1 atom stereocenters. The minimum Gasteiger partial charge on any atom is -0.477 e. The van der Waals surface area contributed by atoms with Gasteiger partial charge in [-0.1, -0.05) is 19.8 Å². The molecule has 17 heavy (non-hydrogen) atoms. The number of unbranched alkanes of at least 4 members (excludes halogenated alkanes) is 1. The van der Waals surface area contributed by atoms with Crippen molar-refractivity contribution in [3.8, 4) is 0 Å². The Hall–Kier alpha value is -1.78. The van der Waals surface area contributed by atoms with Gasteiger partial charge >= 0.3 is 5.97 Å². The number of carboxylic acid groups (broad SMARTS) is 1. The molecule has 0 amide bonds. The third kappa shape index (κ3) is 3.94. The van der Waals surface area contributed by atoms with Gasteiger partial charge < -0.3 is 16.2 Å². The van der Waals surface area contributed by atoms with Gasteiger partial charge in [0, 0.05) is 6.04 Å². The zero-order chi connectivity index (χ0) is 12.8. The van der Waals surface area contributed by atoms with Gasteiger partial charge in [-0.25, -0.2) is 9.78 Å². The highest BCUT2D eigenvalue weighted by molar-refractivity contribution is 5.86. The lowest BCUT2D eigenvalue weighted by Gasteiger charge is -2.15. The first-order chi connectivity index (χ1) is 8.04. The minimum atomic E-state index is -1.05. The summed E-state index contributed by atoms with van der Waals surface area (Å²) in [5, 5.41) is 12.0.